The summed E-state index contributed by atoms with van der Waals surface area (Å²) in [7, 11) is 0. The monoisotopic (exact) mass is 450 g/mol. The molecular weight excluding hydrogens is 405 g/mol. The summed E-state index contributed by atoms with van der Waals surface area (Å²) in [6, 6.07) is 0. The maximum atomic E-state index is 2.20. The van der Waals surface area contributed by atoms with E-state index in [2.05, 4.69) is 104 Å². The predicted molar refractivity (Wildman–Crippen MR) is 137 cm³/mol. The second kappa shape index (κ2) is 11.7. The van der Waals surface area contributed by atoms with Crippen LogP contribution in [0.5, 0.6) is 0 Å². The van der Waals surface area contributed by atoms with E-state index in [1.807, 2.05) is 0 Å². The van der Waals surface area contributed by atoms with Gasteiger partial charge in [0.15, 0.2) is 0 Å². The molecule has 0 aliphatic carbocycles. The fourth-order valence-corrected chi connectivity index (χ4v) is 4.22. The third kappa shape index (κ3) is 6.04. The molecule has 0 heterocycles. The molecule has 0 aliphatic heterocycles. The standard InChI is InChI=1S/3C10H15.Sc/c3*1-6-7(2)9(4)10(5)8(6)3;/h3*1-5H3;/q3*-1;+3. The molecular formula is C30H45Sc. The van der Waals surface area contributed by atoms with Crippen LogP contribution < -0.4 is 0 Å². The van der Waals surface area contributed by atoms with E-state index in [1.165, 1.54) is 83.5 Å². The van der Waals surface area contributed by atoms with E-state index in [1.54, 1.807) is 0 Å². The SMILES string of the molecule is Cc1c(C)c(C)[c-](C)c1C.Cc1c(C)c(C)[c-](C)c1C.Cc1c(C)c(C)[c-](C)c1C.[Sc+3]. The van der Waals surface area contributed by atoms with Crippen LogP contribution in [0.3, 0.4) is 0 Å². The number of rotatable bonds is 0. The summed E-state index contributed by atoms with van der Waals surface area (Å²) in [6.07, 6.45) is 0. The molecule has 0 spiro atoms. The maximum absolute atomic E-state index is 2.20. The van der Waals surface area contributed by atoms with Gasteiger partial charge < -0.3 is 0 Å². The first-order valence-corrected chi connectivity index (χ1v) is 11.2. The van der Waals surface area contributed by atoms with Crippen LogP contribution in [0.1, 0.15) is 83.5 Å². The van der Waals surface area contributed by atoms with Gasteiger partial charge in [-0.2, -0.15) is 83.5 Å². The van der Waals surface area contributed by atoms with Gasteiger partial charge in [-0.25, -0.2) is 0 Å². The van der Waals surface area contributed by atoms with Gasteiger partial charge in [0.25, 0.3) is 0 Å². The molecule has 0 unspecified atom stereocenters. The smallest absolute Gasteiger partial charge is 0.196 e. The van der Waals surface area contributed by atoms with Crippen LogP contribution >= 0.6 is 0 Å². The normalized spacial score (nSPS) is 10.2. The summed E-state index contributed by atoms with van der Waals surface area (Å²) in [4.78, 5) is 0. The minimum Gasteiger partial charge on any atom is -0.196 e. The van der Waals surface area contributed by atoms with E-state index in [0.29, 0.717) is 0 Å². The van der Waals surface area contributed by atoms with E-state index in [-0.39, 0.29) is 25.8 Å². The molecule has 0 nitrogen and oxygen atoms in total. The minimum atomic E-state index is 0. The van der Waals surface area contributed by atoms with Crippen molar-refractivity contribution in [2.45, 2.75) is 104 Å². The van der Waals surface area contributed by atoms with Gasteiger partial charge in [0.2, 0.25) is 0 Å². The van der Waals surface area contributed by atoms with Crippen molar-refractivity contribution < 1.29 is 25.8 Å². The third-order valence-electron chi connectivity index (χ3n) is 8.44. The summed E-state index contributed by atoms with van der Waals surface area (Å²) in [5.41, 5.74) is 22.0. The molecule has 3 aromatic carbocycles. The van der Waals surface area contributed by atoms with Gasteiger partial charge in [-0.1, -0.05) is 104 Å². The van der Waals surface area contributed by atoms with E-state index < -0.39 is 0 Å². The topological polar surface area (TPSA) is 0 Å². The second-order valence-corrected chi connectivity index (χ2v) is 9.38. The van der Waals surface area contributed by atoms with Crippen LogP contribution in [0, 0.1) is 104 Å². The van der Waals surface area contributed by atoms with Crippen molar-refractivity contribution in [1.82, 2.24) is 0 Å². The Morgan fingerprint density at radius 2 is 0.387 bits per heavy atom. The summed E-state index contributed by atoms with van der Waals surface area (Å²) >= 11 is 0. The fraction of sp³-hybridized carbons (Fsp3) is 0.500. The Labute approximate surface area is 212 Å². The molecule has 0 aromatic heterocycles. The largest absolute Gasteiger partial charge is 3.00 e. The molecule has 0 saturated carbocycles. The van der Waals surface area contributed by atoms with Crippen molar-refractivity contribution in [1.29, 1.82) is 0 Å². The molecule has 0 atom stereocenters. The molecule has 0 aliphatic rings. The number of hydrogen-bond donors (Lipinski definition) is 0. The average Bonchev–Trinajstić information content (AvgIpc) is 3.09. The molecule has 3 aromatic rings. The Hall–Kier alpha value is -1.08. The summed E-state index contributed by atoms with van der Waals surface area (Å²) < 4.78 is 0. The Morgan fingerprint density at radius 1 is 0.290 bits per heavy atom. The molecule has 0 amide bonds. The van der Waals surface area contributed by atoms with Crippen molar-refractivity contribution in [3.05, 3.63) is 83.5 Å². The fourth-order valence-electron chi connectivity index (χ4n) is 4.22. The molecule has 1 heteroatoms. The maximum Gasteiger partial charge on any atom is 3.00 e. The quantitative estimate of drug-likeness (QED) is 0.300. The summed E-state index contributed by atoms with van der Waals surface area (Å²) in [5.74, 6) is 0. The van der Waals surface area contributed by atoms with Crippen molar-refractivity contribution in [2.24, 2.45) is 0 Å². The van der Waals surface area contributed by atoms with Crippen LogP contribution in [-0.4, -0.2) is 0 Å². The Kier molecular flexibility index (Phi) is 11.3. The molecule has 31 heavy (non-hydrogen) atoms. The van der Waals surface area contributed by atoms with Crippen LogP contribution in [0.2, 0.25) is 0 Å². The van der Waals surface area contributed by atoms with Gasteiger partial charge >= 0.3 is 25.8 Å². The first kappa shape index (κ1) is 29.9. The van der Waals surface area contributed by atoms with Gasteiger partial charge in [-0.05, 0) is 0 Å². The Morgan fingerprint density at radius 3 is 0.419 bits per heavy atom. The predicted octanol–water partition coefficient (Wildman–Crippen LogP) is 8.84. The molecule has 0 fully saturated rings. The van der Waals surface area contributed by atoms with Gasteiger partial charge in [0.1, 0.15) is 0 Å². The van der Waals surface area contributed by atoms with Crippen molar-refractivity contribution in [3.8, 4) is 0 Å². The van der Waals surface area contributed by atoms with Crippen molar-refractivity contribution in [2.75, 3.05) is 0 Å². The molecule has 0 saturated heterocycles. The minimum absolute atomic E-state index is 0. The van der Waals surface area contributed by atoms with E-state index in [4.69, 9.17) is 0 Å². The molecule has 3 rings (SSSR count). The molecule has 0 radical (unpaired) electrons. The van der Waals surface area contributed by atoms with E-state index >= 15 is 0 Å². The van der Waals surface area contributed by atoms with Gasteiger partial charge in [0.05, 0.1) is 0 Å². The first-order valence-electron chi connectivity index (χ1n) is 11.2. The van der Waals surface area contributed by atoms with Crippen LogP contribution in [0.15, 0.2) is 0 Å². The zero-order valence-corrected chi connectivity index (χ0v) is 24.9. The third-order valence-corrected chi connectivity index (χ3v) is 8.44. The second-order valence-electron chi connectivity index (χ2n) is 9.38. The first-order chi connectivity index (χ1) is 13.7. The van der Waals surface area contributed by atoms with Crippen LogP contribution in [-0.2, 0) is 25.8 Å². The Balaban J connectivity index is 0.000000429. The molecule has 0 N–H and O–H groups in total. The van der Waals surface area contributed by atoms with Crippen LogP contribution in [0.25, 0.3) is 0 Å². The van der Waals surface area contributed by atoms with Gasteiger partial charge in [-0.3, -0.25) is 0 Å². The number of hydrogen-bond acceptors (Lipinski definition) is 0. The van der Waals surface area contributed by atoms with E-state index in [9.17, 15) is 0 Å². The molecule has 168 valence electrons. The molecule has 0 bridgehead atoms. The van der Waals surface area contributed by atoms with E-state index in [0.717, 1.165) is 0 Å². The zero-order valence-electron chi connectivity index (χ0n) is 23.1. The van der Waals surface area contributed by atoms with Crippen molar-refractivity contribution in [3.63, 3.8) is 0 Å². The van der Waals surface area contributed by atoms with Gasteiger partial charge in [0, 0.05) is 0 Å². The summed E-state index contributed by atoms with van der Waals surface area (Å²) in [5, 5.41) is 0. The van der Waals surface area contributed by atoms with Gasteiger partial charge in [-0.15, -0.1) is 0 Å². The Bertz CT molecular complexity index is 654. The average molecular weight is 451 g/mol. The zero-order chi connectivity index (χ0) is 23.7. The van der Waals surface area contributed by atoms with Crippen LogP contribution in [0.4, 0.5) is 0 Å². The summed E-state index contributed by atoms with van der Waals surface area (Å²) in [6.45, 7) is 33.0. The van der Waals surface area contributed by atoms with Crippen molar-refractivity contribution >= 4 is 0 Å².